The van der Waals surface area contributed by atoms with E-state index >= 15 is 0 Å². The molecule has 1 aliphatic heterocycles. The second kappa shape index (κ2) is 8.36. The van der Waals surface area contributed by atoms with Gasteiger partial charge < -0.3 is 10.2 Å². The van der Waals surface area contributed by atoms with Gasteiger partial charge >= 0.3 is 0 Å². The van der Waals surface area contributed by atoms with Crippen LogP contribution in [0.25, 0.3) is 0 Å². The maximum Gasteiger partial charge on any atom is 0.243 e. The lowest BCUT2D eigenvalue weighted by molar-refractivity contribution is -0.148. The Hall–Kier alpha value is -1.69. The molecule has 1 saturated carbocycles. The smallest absolute Gasteiger partial charge is 0.243 e. The second-order valence-electron chi connectivity index (χ2n) is 9.39. The molecule has 1 heterocycles. The van der Waals surface area contributed by atoms with Crippen molar-refractivity contribution in [3.63, 3.8) is 0 Å². The molecule has 6 heteroatoms. The molecule has 0 radical (unpaired) electrons. The molecule has 156 valence electrons. The Balaban J connectivity index is 1.75. The molecule has 2 aliphatic carbocycles. The standard InChI is InChI=1S/C22H35N3O3/c1-15(2)13-18(19(26)23-14-22(24(3)4)11-7-8-12-22)25-20(27)16-9-5-6-10-17(16)21(25)28/h5-6,15-18H,7-14H2,1-4H3,(H,23,26). The average molecular weight is 390 g/mol. The number of imide groups is 1. The summed E-state index contributed by atoms with van der Waals surface area (Å²) in [5.74, 6) is -0.876. The predicted octanol–water partition coefficient (Wildman–Crippen LogP) is 2.34. The number of carbonyl (C=O) groups excluding carboxylic acids is 3. The number of nitrogens with zero attached hydrogens (tertiary/aromatic N) is 2. The van der Waals surface area contributed by atoms with E-state index in [9.17, 15) is 14.4 Å². The topological polar surface area (TPSA) is 69.7 Å². The number of likely N-dealkylation sites (tertiary alicyclic amines) is 1. The van der Waals surface area contributed by atoms with Crippen molar-refractivity contribution in [2.24, 2.45) is 17.8 Å². The maximum atomic E-state index is 13.2. The molecular weight excluding hydrogens is 354 g/mol. The SMILES string of the molecule is CC(C)CC(C(=O)NCC1(N(C)C)CCCC1)N1C(=O)C2CC=CCC2C1=O. The van der Waals surface area contributed by atoms with Gasteiger partial charge in [0, 0.05) is 12.1 Å². The lowest BCUT2D eigenvalue weighted by Crippen LogP contribution is -2.56. The number of nitrogens with one attached hydrogen (secondary N) is 1. The highest BCUT2D eigenvalue weighted by Crippen LogP contribution is 2.37. The molecule has 1 saturated heterocycles. The zero-order valence-corrected chi connectivity index (χ0v) is 17.7. The largest absolute Gasteiger partial charge is 0.352 e. The van der Waals surface area contributed by atoms with Crippen LogP contribution in [0.1, 0.15) is 58.8 Å². The summed E-state index contributed by atoms with van der Waals surface area (Å²) in [5.41, 5.74) is -0.0189. The summed E-state index contributed by atoms with van der Waals surface area (Å²) in [7, 11) is 4.13. The van der Waals surface area contributed by atoms with Gasteiger partial charge in [-0.05, 0) is 52.1 Å². The first kappa shape index (κ1) is 21.0. The minimum Gasteiger partial charge on any atom is -0.352 e. The number of hydrogen-bond acceptors (Lipinski definition) is 4. The van der Waals surface area contributed by atoms with Gasteiger partial charge in [0.2, 0.25) is 17.7 Å². The first-order valence-electron chi connectivity index (χ1n) is 10.7. The van der Waals surface area contributed by atoms with Gasteiger partial charge in [-0.25, -0.2) is 0 Å². The third-order valence-corrected chi connectivity index (χ3v) is 6.93. The fourth-order valence-corrected chi connectivity index (χ4v) is 5.09. The summed E-state index contributed by atoms with van der Waals surface area (Å²) < 4.78 is 0. The predicted molar refractivity (Wildman–Crippen MR) is 108 cm³/mol. The number of likely N-dealkylation sites (N-methyl/N-ethyl adjacent to an activating group) is 1. The van der Waals surface area contributed by atoms with Gasteiger partial charge in [0.05, 0.1) is 11.8 Å². The molecule has 3 aliphatic rings. The fourth-order valence-electron chi connectivity index (χ4n) is 5.09. The molecule has 0 spiro atoms. The van der Waals surface area contributed by atoms with Crippen LogP contribution in [0.2, 0.25) is 0 Å². The first-order valence-corrected chi connectivity index (χ1v) is 10.7. The molecule has 3 unspecified atom stereocenters. The van der Waals surface area contributed by atoms with E-state index in [1.54, 1.807) is 0 Å². The maximum absolute atomic E-state index is 13.2. The van der Waals surface area contributed by atoms with Gasteiger partial charge in [0.1, 0.15) is 6.04 Å². The summed E-state index contributed by atoms with van der Waals surface area (Å²) in [5, 5.41) is 3.11. The monoisotopic (exact) mass is 389 g/mol. The quantitative estimate of drug-likeness (QED) is 0.536. The van der Waals surface area contributed by atoms with Crippen molar-refractivity contribution in [1.82, 2.24) is 15.1 Å². The lowest BCUT2D eigenvalue weighted by Gasteiger charge is -2.37. The lowest BCUT2D eigenvalue weighted by atomic mass is 9.85. The number of amides is 3. The second-order valence-corrected chi connectivity index (χ2v) is 9.39. The van der Waals surface area contributed by atoms with E-state index in [0.717, 1.165) is 12.8 Å². The highest BCUT2D eigenvalue weighted by molar-refractivity contribution is 6.08. The number of fused-ring (bicyclic) bond motifs is 1. The van der Waals surface area contributed by atoms with Crippen LogP contribution in [0, 0.1) is 17.8 Å². The van der Waals surface area contributed by atoms with Crippen molar-refractivity contribution in [3.05, 3.63) is 12.2 Å². The summed E-state index contributed by atoms with van der Waals surface area (Å²) in [6.07, 6.45) is 10.1. The summed E-state index contributed by atoms with van der Waals surface area (Å²) in [6.45, 7) is 4.62. The van der Waals surface area contributed by atoms with Gasteiger partial charge in [-0.3, -0.25) is 19.3 Å². The van der Waals surface area contributed by atoms with Gasteiger partial charge in [-0.2, -0.15) is 0 Å². The molecule has 3 amide bonds. The molecule has 28 heavy (non-hydrogen) atoms. The molecule has 1 N–H and O–H groups in total. The number of allylic oxidation sites excluding steroid dienone is 2. The van der Waals surface area contributed by atoms with Crippen LogP contribution >= 0.6 is 0 Å². The van der Waals surface area contributed by atoms with Crippen molar-refractivity contribution in [2.45, 2.75) is 70.4 Å². The molecule has 0 aromatic rings. The summed E-state index contributed by atoms with van der Waals surface area (Å²) >= 11 is 0. The molecule has 0 aromatic carbocycles. The normalized spacial score (nSPS) is 27.6. The van der Waals surface area contributed by atoms with Crippen LogP contribution in [-0.4, -0.2) is 59.7 Å². The van der Waals surface area contributed by atoms with E-state index in [1.807, 2.05) is 26.0 Å². The minimum atomic E-state index is -0.703. The van der Waals surface area contributed by atoms with E-state index in [-0.39, 0.29) is 41.0 Å². The van der Waals surface area contributed by atoms with E-state index in [0.29, 0.717) is 25.8 Å². The fraction of sp³-hybridized carbons (Fsp3) is 0.773. The van der Waals surface area contributed by atoms with Crippen molar-refractivity contribution < 1.29 is 14.4 Å². The van der Waals surface area contributed by atoms with E-state index in [4.69, 9.17) is 0 Å². The van der Waals surface area contributed by atoms with Crippen molar-refractivity contribution in [3.8, 4) is 0 Å². The summed E-state index contributed by atoms with van der Waals surface area (Å²) in [4.78, 5) is 42.7. The van der Waals surface area contributed by atoms with Crippen LogP contribution in [0.5, 0.6) is 0 Å². The Kier molecular flexibility index (Phi) is 6.28. The molecule has 0 aromatic heterocycles. The van der Waals surface area contributed by atoms with Crippen LogP contribution in [-0.2, 0) is 14.4 Å². The molecule has 3 rings (SSSR count). The highest BCUT2D eigenvalue weighted by atomic mass is 16.2. The summed E-state index contributed by atoms with van der Waals surface area (Å²) in [6, 6.07) is -0.703. The van der Waals surface area contributed by atoms with Crippen molar-refractivity contribution >= 4 is 17.7 Å². The van der Waals surface area contributed by atoms with Crippen LogP contribution < -0.4 is 5.32 Å². The Morgan fingerprint density at radius 3 is 2.14 bits per heavy atom. The molecule has 6 nitrogen and oxygen atoms in total. The van der Waals surface area contributed by atoms with E-state index < -0.39 is 6.04 Å². The zero-order valence-electron chi connectivity index (χ0n) is 17.7. The van der Waals surface area contributed by atoms with E-state index in [2.05, 4.69) is 24.3 Å². The Morgan fingerprint density at radius 2 is 1.68 bits per heavy atom. The molecule has 2 fully saturated rings. The highest BCUT2D eigenvalue weighted by Gasteiger charge is 2.51. The van der Waals surface area contributed by atoms with Gasteiger partial charge in [0.15, 0.2) is 0 Å². The van der Waals surface area contributed by atoms with Gasteiger partial charge in [0.25, 0.3) is 0 Å². The zero-order chi connectivity index (χ0) is 20.5. The van der Waals surface area contributed by atoms with Gasteiger partial charge in [-0.15, -0.1) is 0 Å². The van der Waals surface area contributed by atoms with Crippen LogP contribution in [0.15, 0.2) is 12.2 Å². The molecular formula is C22H35N3O3. The first-order chi connectivity index (χ1) is 13.3. The molecule has 3 atom stereocenters. The third-order valence-electron chi connectivity index (χ3n) is 6.93. The average Bonchev–Trinajstić information content (AvgIpc) is 3.23. The van der Waals surface area contributed by atoms with E-state index in [1.165, 1.54) is 17.7 Å². The Morgan fingerprint density at radius 1 is 1.14 bits per heavy atom. The third kappa shape index (κ3) is 3.88. The van der Waals surface area contributed by atoms with Crippen molar-refractivity contribution in [2.75, 3.05) is 20.6 Å². The minimum absolute atomic E-state index is 0.0189. The Bertz CT molecular complexity index is 623. The Labute approximate surface area is 168 Å². The number of carbonyl (C=O) groups is 3. The number of rotatable bonds is 7. The number of hydrogen-bond donors (Lipinski definition) is 1. The van der Waals surface area contributed by atoms with Crippen molar-refractivity contribution in [1.29, 1.82) is 0 Å². The molecule has 0 bridgehead atoms. The van der Waals surface area contributed by atoms with Gasteiger partial charge in [-0.1, -0.05) is 38.8 Å². The van der Waals surface area contributed by atoms with Crippen LogP contribution in [0.3, 0.4) is 0 Å². The van der Waals surface area contributed by atoms with Crippen LogP contribution in [0.4, 0.5) is 0 Å².